The Bertz CT molecular complexity index is 1140. The molecule has 3 aromatic carbocycles. The van der Waals surface area contributed by atoms with Gasteiger partial charge in [0.25, 0.3) is 0 Å². The van der Waals surface area contributed by atoms with Gasteiger partial charge in [0, 0.05) is 0 Å². The number of rotatable bonds is 4. The van der Waals surface area contributed by atoms with Gasteiger partial charge in [0.05, 0.1) is 0 Å². The van der Waals surface area contributed by atoms with Crippen LogP contribution in [0, 0.1) is 0 Å². The van der Waals surface area contributed by atoms with Crippen molar-refractivity contribution >= 4 is 46.4 Å². The summed E-state index contributed by atoms with van der Waals surface area (Å²) in [6, 6.07) is 26.9. The Hall–Kier alpha value is -0.643. The third-order valence-corrected chi connectivity index (χ3v) is 42.0. The predicted molar refractivity (Wildman–Crippen MR) is 136 cm³/mol. The first kappa shape index (κ1) is 24.0. The molecule has 5 rings (SSSR count). The molecule has 5 heteroatoms. The van der Waals surface area contributed by atoms with Crippen LogP contribution in [-0.2, 0) is 15.9 Å². The number of hydrogen-bond donors (Lipinski definition) is 0. The van der Waals surface area contributed by atoms with E-state index in [1.807, 2.05) is 0 Å². The fraction of sp³-hybridized carbons (Fsp3) is 0.200. The summed E-state index contributed by atoms with van der Waals surface area (Å²) in [7, 11) is 8.17. The molecule has 0 fully saturated rings. The summed E-state index contributed by atoms with van der Waals surface area (Å²) in [5.41, 5.74) is 8.54. The normalized spacial score (nSPS) is 16.8. The Morgan fingerprint density at radius 2 is 1.30 bits per heavy atom. The Kier molecular flexibility index (Phi) is 6.97. The molecule has 2 aliphatic carbocycles. The van der Waals surface area contributed by atoms with E-state index < -0.39 is 15.9 Å². The first-order chi connectivity index (χ1) is 13.5. The van der Waals surface area contributed by atoms with Crippen LogP contribution in [-0.4, -0.2) is 6.94 Å². The molecule has 2 aliphatic rings. The van der Waals surface area contributed by atoms with E-state index in [1.54, 1.807) is 0 Å². The number of halogens is 3. The molecule has 0 saturated carbocycles. The Labute approximate surface area is 198 Å². The summed E-state index contributed by atoms with van der Waals surface area (Å²) in [5.74, 6) is 0. The van der Waals surface area contributed by atoms with Gasteiger partial charge in [-0.2, -0.15) is 0 Å². The molecule has 156 valence electrons. The van der Waals surface area contributed by atoms with Gasteiger partial charge in [0.2, 0.25) is 0 Å². The quantitative estimate of drug-likeness (QED) is 0.258. The van der Waals surface area contributed by atoms with Gasteiger partial charge in [-0.3, -0.25) is 0 Å². The van der Waals surface area contributed by atoms with Crippen molar-refractivity contribution in [1.29, 1.82) is 0 Å². The van der Waals surface area contributed by atoms with Crippen molar-refractivity contribution in [3.05, 3.63) is 101 Å². The minimum absolute atomic E-state index is 0. The molecule has 0 aliphatic heterocycles. The standard InChI is InChI=1S/C13H9.C9H7.C3H7.3ClH.Hf.H2Si/c1-3-7-12-10(5-1)9-11-6-2-4-8-13(11)12;1-2-5-9-7-3-6-8(9)4-1;1-3-2;;;;;/h1-9H;1-7H;1,3H2,2H3;3*1H;;1H2/q;;;;;;+1;/p-1. The second-order valence-corrected chi connectivity index (χ2v) is 52.3. The minimum atomic E-state index is -4.02. The third kappa shape index (κ3) is 3.44. The number of hydrogen-bond acceptors (Lipinski definition) is 0. The topological polar surface area (TPSA) is 0 Å². The molecule has 0 heterocycles. The van der Waals surface area contributed by atoms with E-state index >= 15 is 0 Å². The second kappa shape index (κ2) is 8.71. The van der Waals surface area contributed by atoms with Crippen LogP contribution in [0.1, 0.15) is 42.9 Å². The van der Waals surface area contributed by atoms with Crippen molar-refractivity contribution in [3.8, 4) is 11.1 Å². The van der Waals surface area contributed by atoms with Crippen molar-refractivity contribution in [2.45, 2.75) is 24.9 Å². The molecule has 0 amide bonds. The van der Waals surface area contributed by atoms with Gasteiger partial charge >= 0.3 is 175 Å². The summed E-state index contributed by atoms with van der Waals surface area (Å²) in [6.07, 6.45) is 5.91. The monoisotopic (exact) mass is 640 g/mol. The first-order valence-electron chi connectivity index (χ1n) is 10.2. The van der Waals surface area contributed by atoms with Crippen LogP contribution in [0.15, 0.2) is 78.9 Å². The molecule has 1 unspecified atom stereocenters. The van der Waals surface area contributed by atoms with E-state index in [4.69, 9.17) is 8.58 Å². The second-order valence-electron chi connectivity index (χ2n) is 8.54. The molecule has 0 spiro atoms. The van der Waals surface area contributed by atoms with Crippen LogP contribution >= 0.6 is 33.4 Å². The number of allylic oxidation sites excluding steroid dienone is 1. The van der Waals surface area contributed by atoms with Crippen molar-refractivity contribution in [2.75, 3.05) is 0 Å². The Morgan fingerprint density at radius 3 is 1.87 bits per heavy atom. The van der Waals surface area contributed by atoms with Gasteiger partial charge in [-0.05, 0) is 0 Å². The van der Waals surface area contributed by atoms with E-state index in [-0.39, 0.29) is 24.8 Å². The number of benzene rings is 3. The molecule has 3 aromatic rings. The van der Waals surface area contributed by atoms with Crippen molar-refractivity contribution in [1.82, 2.24) is 0 Å². The molecular formula is C25H27Cl3HfSi. The van der Waals surface area contributed by atoms with Crippen LogP contribution < -0.4 is 0 Å². The average Bonchev–Trinajstić information content (AvgIpc) is 3.29. The van der Waals surface area contributed by atoms with Crippen LogP contribution in [0.2, 0.25) is 4.18 Å². The third-order valence-electron chi connectivity index (χ3n) is 6.86. The molecule has 0 bridgehead atoms. The summed E-state index contributed by atoms with van der Waals surface area (Å²) >= 11 is -4.02. The van der Waals surface area contributed by atoms with Gasteiger partial charge < -0.3 is 0 Å². The van der Waals surface area contributed by atoms with Crippen molar-refractivity contribution in [2.24, 2.45) is 0 Å². The van der Waals surface area contributed by atoms with Gasteiger partial charge in [-0.15, -0.1) is 24.8 Å². The summed E-state index contributed by atoms with van der Waals surface area (Å²) in [6.45, 7) is 4.56. The van der Waals surface area contributed by atoms with Gasteiger partial charge in [0.1, 0.15) is 0 Å². The van der Waals surface area contributed by atoms with Crippen LogP contribution in [0.4, 0.5) is 0 Å². The molecule has 0 saturated heterocycles. The zero-order valence-electron chi connectivity index (χ0n) is 17.1. The van der Waals surface area contributed by atoms with E-state index in [1.165, 1.54) is 37.6 Å². The van der Waals surface area contributed by atoms with Gasteiger partial charge in [0.15, 0.2) is 0 Å². The van der Waals surface area contributed by atoms with Crippen molar-refractivity contribution < 1.29 is 15.9 Å². The molecule has 0 aromatic heterocycles. The molecule has 1 atom stereocenters. The maximum absolute atomic E-state index is 8.17. The Balaban J connectivity index is 0.00000128. The van der Waals surface area contributed by atoms with E-state index in [9.17, 15) is 0 Å². The van der Waals surface area contributed by atoms with Crippen LogP contribution in [0.5, 0.6) is 0 Å². The Morgan fingerprint density at radius 1 is 0.800 bits per heavy atom. The molecule has 0 radical (unpaired) electrons. The van der Waals surface area contributed by atoms with Crippen LogP contribution in [0.3, 0.4) is 0 Å². The molecular weight excluding hydrogens is 613 g/mol. The van der Waals surface area contributed by atoms with Gasteiger partial charge in [-0.25, -0.2) is 0 Å². The van der Waals surface area contributed by atoms with E-state index in [0.29, 0.717) is 7.35 Å². The average molecular weight is 640 g/mol. The summed E-state index contributed by atoms with van der Waals surface area (Å²) in [4.78, 5) is 0. The predicted octanol–water partition coefficient (Wildman–Crippen LogP) is 7.59. The fourth-order valence-electron chi connectivity index (χ4n) is 5.78. The SMILES string of the molecule is CC[CH2][Hf](=[SiH2])([Cl])([CH]1C=Cc2ccccc21)[CH]1c2ccccc2-c2ccccc21.Cl.Cl. The number of fused-ring (bicyclic) bond motifs is 4. The van der Waals surface area contributed by atoms with Crippen molar-refractivity contribution in [3.63, 3.8) is 0 Å². The fourth-order valence-corrected chi connectivity index (χ4v) is 40.4. The molecule has 0 nitrogen and oxygen atoms in total. The smallest absolute Gasteiger partial charge is 0.147 e. The van der Waals surface area contributed by atoms with Crippen LogP contribution in [0.25, 0.3) is 17.2 Å². The minimum Gasteiger partial charge on any atom is -0.147 e. The summed E-state index contributed by atoms with van der Waals surface area (Å²) < 4.78 is 1.95. The zero-order valence-corrected chi connectivity index (χ0v) is 24.4. The van der Waals surface area contributed by atoms with E-state index in [2.05, 4.69) is 98.8 Å². The molecule has 30 heavy (non-hydrogen) atoms. The maximum Gasteiger partial charge on any atom is -0.147 e. The van der Waals surface area contributed by atoms with E-state index in [0.717, 1.165) is 6.42 Å². The summed E-state index contributed by atoms with van der Waals surface area (Å²) in [5, 5.41) is 0. The molecule has 0 N–H and O–H groups in total. The largest absolute Gasteiger partial charge is 0.147 e. The van der Waals surface area contributed by atoms with Gasteiger partial charge in [-0.1, -0.05) is 0 Å². The zero-order chi connectivity index (χ0) is 19.4. The maximum atomic E-state index is 8.17. The first-order valence-corrected chi connectivity index (χ1v) is 29.7.